The van der Waals surface area contributed by atoms with Gasteiger partial charge in [-0.15, -0.1) is 0 Å². The van der Waals surface area contributed by atoms with Crippen molar-refractivity contribution in [1.82, 2.24) is 4.90 Å². The second-order valence-electron chi connectivity index (χ2n) is 7.96. The predicted molar refractivity (Wildman–Crippen MR) is 125 cm³/mol. The summed E-state index contributed by atoms with van der Waals surface area (Å²) >= 11 is 0. The Hall–Kier alpha value is -4.00. The summed E-state index contributed by atoms with van der Waals surface area (Å²) in [5.41, 5.74) is 3.23. The zero-order valence-electron chi connectivity index (χ0n) is 18.3. The molecule has 1 N–H and O–H groups in total. The largest absolute Gasteiger partial charge is 0.378 e. The number of anilines is 2. The summed E-state index contributed by atoms with van der Waals surface area (Å²) in [6.07, 6.45) is 0.388. The molecule has 0 fully saturated rings. The molecule has 1 heterocycles. The van der Waals surface area contributed by atoms with Crippen LogP contribution >= 0.6 is 0 Å². The highest BCUT2D eigenvalue weighted by atomic mass is 19.1. The monoisotopic (exact) mass is 447 g/mol. The van der Waals surface area contributed by atoms with E-state index in [-0.39, 0.29) is 23.6 Å². The summed E-state index contributed by atoms with van der Waals surface area (Å²) in [6.45, 7) is 0.138. The lowest BCUT2D eigenvalue weighted by molar-refractivity contribution is -0.136. The molecule has 0 spiro atoms. The van der Waals surface area contributed by atoms with E-state index < -0.39 is 17.6 Å². The van der Waals surface area contributed by atoms with Crippen LogP contribution in [0.5, 0.6) is 0 Å². The molecule has 1 aliphatic rings. The third-order valence-corrected chi connectivity index (χ3v) is 5.49. The fraction of sp³-hybridized carbons (Fsp3) is 0.154. The van der Waals surface area contributed by atoms with E-state index >= 15 is 0 Å². The van der Waals surface area contributed by atoms with Crippen LogP contribution in [0.15, 0.2) is 78.5 Å². The first-order valence-electron chi connectivity index (χ1n) is 10.5. The predicted octanol–water partition coefficient (Wildman–Crippen LogP) is 4.47. The molecule has 0 saturated heterocycles. The fourth-order valence-corrected chi connectivity index (χ4v) is 3.66. The third kappa shape index (κ3) is 4.77. The Labute approximate surface area is 190 Å². The number of benzene rings is 3. The maximum Gasteiger partial charge on any atom is 0.278 e. The lowest BCUT2D eigenvalue weighted by Gasteiger charge is -2.16. The molecule has 4 rings (SSSR count). The normalized spacial score (nSPS) is 13.6. The van der Waals surface area contributed by atoms with Crippen molar-refractivity contribution in [2.45, 2.75) is 6.42 Å². The molecule has 0 bridgehead atoms. The fourth-order valence-electron chi connectivity index (χ4n) is 3.66. The molecule has 7 heteroatoms. The van der Waals surface area contributed by atoms with Crippen LogP contribution in [0.1, 0.15) is 11.1 Å². The summed E-state index contributed by atoms with van der Waals surface area (Å²) < 4.78 is 26.7. The number of nitrogens with zero attached hydrogens (tertiary/aromatic N) is 2. The van der Waals surface area contributed by atoms with Crippen LogP contribution in [0.3, 0.4) is 0 Å². The average Bonchev–Trinajstić information content (AvgIpc) is 3.03. The number of carbonyl (C=O) groups is 2. The Kier molecular flexibility index (Phi) is 6.22. The zero-order valence-corrected chi connectivity index (χ0v) is 18.3. The first-order valence-corrected chi connectivity index (χ1v) is 10.5. The summed E-state index contributed by atoms with van der Waals surface area (Å²) in [5, 5.41) is 3.09. The van der Waals surface area contributed by atoms with E-state index in [1.807, 2.05) is 43.3 Å². The van der Waals surface area contributed by atoms with Gasteiger partial charge >= 0.3 is 0 Å². The molecule has 2 amide bonds. The van der Waals surface area contributed by atoms with E-state index in [4.69, 9.17) is 0 Å². The molecule has 1 aliphatic heterocycles. The number of halogens is 2. The smallest absolute Gasteiger partial charge is 0.278 e. The molecule has 0 aromatic heterocycles. The number of nitrogens with one attached hydrogen (secondary N) is 1. The van der Waals surface area contributed by atoms with E-state index in [2.05, 4.69) is 5.32 Å². The van der Waals surface area contributed by atoms with E-state index in [1.54, 1.807) is 12.1 Å². The van der Waals surface area contributed by atoms with Gasteiger partial charge in [0.05, 0.1) is 5.57 Å². The van der Waals surface area contributed by atoms with Crippen LogP contribution in [-0.2, 0) is 16.0 Å². The van der Waals surface area contributed by atoms with Gasteiger partial charge in [0.1, 0.15) is 17.3 Å². The SMILES string of the molecule is CN(C)c1ccc(NC2=C(c3ccc(F)cc3)C(=O)N(CCc3ccc(F)cc3)C2=O)cc1. The van der Waals surface area contributed by atoms with Crippen molar-refractivity contribution in [2.24, 2.45) is 0 Å². The van der Waals surface area contributed by atoms with Gasteiger partial charge in [-0.1, -0.05) is 24.3 Å². The van der Waals surface area contributed by atoms with Gasteiger partial charge in [-0.2, -0.15) is 0 Å². The molecular formula is C26H23F2N3O2. The average molecular weight is 447 g/mol. The summed E-state index contributed by atoms with van der Waals surface area (Å²) in [4.78, 5) is 29.6. The molecular weight excluding hydrogens is 424 g/mol. The van der Waals surface area contributed by atoms with Crippen molar-refractivity contribution in [3.63, 3.8) is 0 Å². The number of carbonyl (C=O) groups excluding carboxylic acids is 2. The minimum absolute atomic E-state index is 0.138. The minimum atomic E-state index is -0.460. The van der Waals surface area contributed by atoms with E-state index in [0.29, 0.717) is 17.7 Å². The molecule has 0 aliphatic carbocycles. The zero-order chi connectivity index (χ0) is 23.5. The maximum absolute atomic E-state index is 13.5. The Balaban J connectivity index is 1.63. The quantitative estimate of drug-likeness (QED) is 0.543. The number of imide groups is 1. The van der Waals surface area contributed by atoms with Gasteiger partial charge in [0.2, 0.25) is 0 Å². The van der Waals surface area contributed by atoms with Crippen molar-refractivity contribution in [3.05, 3.63) is 101 Å². The highest BCUT2D eigenvalue weighted by Gasteiger charge is 2.39. The molecule has 0 saturated carbocycles. The van der Waals surface area contributed by atoms with Crippen LogP contribution in [0.2, 0.25) is 0 Å². The number of amides is 2. The first kappa shape index (κ1) is 22.2. The lowest BCUT2D eigenvalue weighted by Crippen LogP contribution is -2.34. The molecule has 3 aromatic rings. The first-order chi connectivity index (χ1) is 15.8. The van der Waals surface area contributed by atoms with Gasteiger partial charge in [-0.3, -0.25) is 14.5 Å². The van der Waals surface area contributed by atoms with Gasteiger partial charge in [0.15, 0.2) is 0 Å². The van der Waals surface area contributed by atoms with Crippen LogP contribution in [0, 0.1) is 11.6 Å². The van der Waals surface area contributed by atoms with E-state index in [1.165, 1.54) is 41.3 Å². The van der Waals surface area contributed by atoms with Gasteiger partial charge in [-0.05, 0) is 66.1 Å². The summed E-state index contributed by atoms with van der Waals surface area (Å²) in [6, 6.07) is 18.8. The second kappa shape index (κ2) is 9.24. The number of hydrogen-bond acceptors (Lipinski definition) is 4. The number of hydrogen-bond donors (Lipinski definition) is 1. The van der Waals surface area contributed by atoms with Crippen molar-refractivity contribution < 1.29 is 18.4 Å². The van der Waals surface area contributed by atoms with Gasteiger partial charge in [-0.25, -0.2) is 8.78 Å². The Morgan fingerprint density at radius 2 is 1.36 bits per heavy atom. The molecule has 0 unspecified atom stereocenters. The van der Waals surface area contributed by atoms with Crippen LogP contribution in [0.25, 0.3) is 5.57 Å². The van der Waals surface area contributed by atoms with Crippen LogP contribution in [-0.4, -0.2) is 37.4 Å². The molecule has 3 aromatic carbocycles. The third-order valence-electron chi connectivity index (χ3n) is 5.49. The molecule has 5 nitrogen and oxygen atoms in total. The van der Waals surface area contributed by atoms with Crippen LogP contribution in [0.4, 0.5) is 20.2 Å². The highest BCUT2D eigenvalue weighted by molar-refractivity contribution is 6.36. The Morgan fingerprint density at radius 1 is 0.788 bits per heavy atom. The van der Waals surface area contributed by atoms with E-state index in [0.717, 1.165) is 11.3 Å². The topological polar surface area (TPSA) is 52.7 Å². The lowest BCUT2D eigenvalue weighted by atomic mass is 10.0. The van der Waals surface area contributed by atoms with Gasteiger partial charge in [0.25, 0.3) is 11.8 Å². The van der Waals surface area contributed by atoms with Crippen molar-refractivity contribution in [3.8, 4) is 0 Å². The molecule has 0 atom stereocenters. The second-order valence-corrected chi connectivity index (χ2v) is 7.96. The van der Waals surface area contributed by atoms with Crippen molar-refractivity contribution in [1.29, 1.82) is 0 Å². The van der Waals surface area contributed by atoms with Gasteiger partial charge < -0.3 is 10.2 Å². The van der Waals surface area contributed by atoms with E-state index in [9.17, 15) is 18.4 Å². The molecule has 168 valence electrons. The molecule has 33 heavy (non-hydrogen) atoms. The van der Waals surface area contributed by atoms with Crippen molar-refractivity contribution >= 4 is 28.8 Å². The highest BCUT2D eigenvalue weighted by Crippen LogP contribution is 2.31. The van der Waals surface area contributed by atoms with Crippen LogP contribution < -0.4 is 10.2 Å². The standard InChI is InChI=1S/C26H23F2N3O2/c1-30(2)22-13-11-21(12-14-22)29-24-23(18-5-9-20(28)10-6-18)25(32)31(26(24)33)16-15-17-3-7-19(27)8-4-17/h3-14,29H,15-16H2,1-2H3. The Bertz CT molecular complexity index is 1200. The summed E-state index contributed by atoms with van der Waals surface area (Å²) in [5.74, 6) is -1.70. The Morgan fingerprint density at radius 3 is 1.94 bits per heavy atom. The summed E-state index contributed by atoms with van der Waals surface area (Å²) in [7, 11) is 3.85. The van der Waals surface area contributed by atoms with Crippen molar-refractivity contribution in [2.75, 3.05) is 30.9 Å². The number of rotatable bonds is 7. The minimum Gasteiger partial charge on any atom is -0.378 e. The molecule has 0 radical (unpaired) electrons. The van der Waals surface area contributed by atoms with Gasteiger partial charge in [0, 0.05) is 32.0 Å². The maximum atomic E-state index is 13.5.